The van der Waals surface area contributed by atoms with Gasteiger partial charge in [-0.1, -0.05) is 0 Å². The first kappa shape index (κ1) is 15.1. The Morgan fingerprint density at radius 2 is 2.11 bits per heavy atom. The van der Waals surface area contributed by atoms with Gasteiger partial charge in [0.15, 0.2) is 0 Å². The van der Waals surface area contributed by atoms with Crippen LogP contribution in [0.15, 0.2) is 18.3 Å². The Hall–Kier alpha value is -0.950. The number of halogens is 3. The molecule has 0 saturated heterocycles. The summed E-state index contributed by atoms with van der Waals surface area (Å²) in [6.07, 6.45) is -2.53. The van der Waals surface area contributed by atoms with Crippen LogP contribution in [0.3, 0.4) is 0 Å². The van der Waals surface area contributed by atoms with Crippen molar-refractivity contribution in [3.8, 4) is 0 Å². The molecule has 1 rings (SSSR count). The third-order valence-electron chi connectivity index (χ3n) is 2.07. The van der Waals surface area contributed by atoms with E-state index in [0.717, 1.165) is 30.2 Å². The molecule has 0 unspecified atom stereocenters. The molecule has 7 heteroatoms. The first-order valence-corrected chi connectivity index (χ1v) is 6.65. The molecule has 0 aliphatic carbocycles. The number of hydrogen-bond donors (Lipinski definition) is 2. The number of alkyl halides is 3. The van der Waals surface area contributed by atoms with Crippen molar-refractivity contribution >= 4 is 17.4 Å². The van der Waals surface area contributed by atoms with E-state index in [1.165, 1.54) is 6.07 Å². The number of aliphatic hydroxyl groups excluding tert-OH is 1. The van der Waals surface area contributed by atoms with Gasteiger partial charge in [-0.2, -0.15) is 24.9 Å². The number of nitrogens with one attached hydrogen (secondary N) is 1. The smallest absolute Gasteiger partial charge is 0.396 e. The van der Waals surface area contributed by atoms with Crippen LogP contribution in [0.2, 0.25) is 0 Å². The van der Waals surface area contributed by atoms with Gasteiger partial charge in [0.1, 0.15) is 5.69 Å². The maximum atomic E-state index is 12.4. The van der Waals surface area contributed by atoms with Crippen molar-refractivity contribution in [2.45, 2.75) is 12.6 Å². The third kappa shape index (κ3) is 5.59. The number of thioether (sulfide) groups is 1. The van der Waals surface area contributed by atoms with Gasteiger partial charge in [-0.25, -0.2) is 0 Å². The highest BCUT2D eigenvalue weighted by Gasteiger charge is 2.32. The fourth-order valence-electron chi connectivity index (χ4n) is 1.23. The van der Waals surface area contributed by atoms with Gasteiger partial charge in [-0.3, -0.25) is 4.98 Å². The highest BCUT2D eigenvalue weighted by Crippen LogP contribution is 2.28. The summed E-state index contributed by atoms with van der Waals surface area (Å²) >= 11 is 1.65. The van der Waals surface area contributed by atoms with Crippen molar-refractivity contribution in [3.63, 3.8) is 0 Å². The zero-order valence-corrected chi connectivity index (χ0v) is 10.5. The van der Waals surface area contributed by atoms with Crippen molar-refractivity contribution in [1.82, 2.24) is 4.98 Å². The lowest BCUT2D eigenvalue weighted by atomic mass is 10.3. The third-order valence-corrected chi connectivity index (χ3v) is 3.14. The molecular formula is C11H15F3N2OS. The Morgan fingerprint density at radius 3 is 2.78 bits per heavy atom. The molecule has 0 saturated carbocycles. The highest BCUT2D eigenvalue weighted by atomic mass is 32.2. The molecule has 18 heavy (non-hydrogen) atoms. The van der Waals surface area contributed by atoms with E-state index in [9.17, 15) is 13.2 Å². The van der Waals surface area contributed by atoms with Crippen LogP contribution in [0.25, 0.3) is 0 Å². The SMILES string of the molecule is OCCCSCCNc1ccnc(C(F)(F)F)c1. The normalized spacial score (nSPS) is 11.6. The van der Waals surface area contributed by atoms with Crippen molar-refractivity contribution in [3.05, 3.63) is 24.0 Å². The molecule has 1 heterocycles. The van der Waals surface area contributed by atoms with Gasteiger partial charge >= 0.3 is 6.18 Å². The summed E-state index contributed by atoms with van der Waals surface area (Å²) in [6, 6.07) is 2.51. The molecule has 0 amide bonds. The van der Waals surface area contributed by atoms with Gasteiger partial charge in [0.25, 0.3) is 0 Å². The van der Waals surface area contributed by atoms with Crippen LogP contribution in [-0.2, 0) is 6.18 Å². The topological polar surface area (TPSA) is 45.1 Å². The molecule has 1 aromatic rings. The summed E-state index contributed by atoms with van der Waals surface area (Å²) in [4.78, 5) is 3.28. The minimum Gasteiger partial charge on any atom is -0.396 e. The van der Waals surface area contributed by atoms with Gasteiger partial charge in [0.2, 0.25) is 0 Å². The summed E-state index contributed by atoms with van der Waals surface area (Å²) in [5, 5.41) is 11.5. The van der Waals surface area contributed by atoms with Crippen LogP contribution >= 0.6 is 11.8 Å². The van der Waals surface area contributed by atoms with Crippen molar-refractivity contribution in [2.24, 2.45) is 0 Å². The summed E-state index contributed by atoms with van der Waals surface area (Å²) in [7, 11) is 0. The van der Waals surface area contributed by atoms with E-state index in [1.54, 1.807) is 11.8 Å². The summed E-state index contributed by atoms with van der Waals surface area (Å²) in [5.74, 6) is 1.63. The Balaban J connectivity index is 2.34. The fraction of sp³-hybridized carbons (Fsp3) is 0.545. The van der Waals surface area contributed by atoms with Crippen LogP contribution < -0.4 is 5.32 Å². The van der Waals surface area contributed by atoms with Crippen LogP contribution in [0.5, 0.6) is 0 Å². The number of aromatic nitrogens is 1. The first-order valence-electron chi connectivity index (χ1n) is 5.50. The molecule has 0 aromatic carbocycles. The van der Waals surface area contributed by atoms with E-state index < -0.39 is 11.9 Å². The van der Waals surface area contributed by atoms with Crippen molar-refractivity contribution in [2.75, 3.05) is 30.0 Å². The number of anilines is 1. The molecule has 102 valence electrons. The Kier molecular flexibility index (Phi) is 6.28. The van der Waals surface area contributed by atoms with E-state index in [4.69, 9.17) is 5.11 Å². The zero-order chi connectivity index (χ0) is 13.4. The second-order valence-corrected chi connectivity index (χ2v) is 4.77. The van der Waals surface area contributed by atoms with Gasteiger partial charge in [-0.15, -0.1) is 0 Å². The minimum atomic E-state index is -4.41. The second kappa shape index (κ2) is 7.48. The lowest BCUT2D eigenvalue weighted by Crippen LogP contribution is -2.10. The second-order valence-electron chi connectivity index (χ2n) is 3.54. The Labute approximate surface area is 108 Å². The summed E-state index contributed by atoms with van der Waals surface area (Å²) < 4.78 is 37.1. The lowest BCUT2D eigenvalue weighted by Gasteiger charge is -2.09. The number of rotatable bonds is 7. The number of hydrogen-bond acceptors (Lipinski definition) is 4. The van der Waals surface area contributed by atoms with E-state index in [2.05, 4.69) is 10.3 Å². The van der Waals surface area contributed by atoms with Gasteiger partial charge in [-0.05, 0) is 24.3 Å². The molecule has 0 aliphatic rings. The summed E-state index contributed by atoms with van der Waals surface area (Å²) in [6.45, 7) is 0.747. The number of nitrogens with zero attached hydrogens (tertiary/aromatic N) is 1. The molecule has 0 fully saturated rings. The maximum Gasteiger partial charge on any atom is 0.433 e. The fourth-order valence-corrected chi connectivity index (χ4v) is 2.02. The molecular weight excluding hydrogens is 265 g/mol. The highest BCUT2D eigenvalue weighted by molar-refractivity contribution is 7.99. The first-order chi connectivity index (χ1) is 8.54. The molecule has 0 radical (unpaired) electrons. The average Bonchev–Trinajstić information content (AvgIpc) is 2.33. The molecule has 2 N–H and O–H groups in total. The van der Waals surface area contributed by atoms with Crippen LogP contribution in [0, 0.1) is 0 Å². The molecule has 1 aromatic heterocycles. The van der Waals surface area contributed by atoms with Crippen LogP contribution in [-0.4, -0.2) is 34.7 Å². The quantitative estimate of drug-likeness (QED) is 0.754. The number of aliphatic hydroxyl groups is 1. The largest absolute Gasteiger partial charge is 0.433 e. The molecule has 0 spiro atoms. The van der Waals surface area contributed by atoms with Crippen LogP contribution in [0.4, 0.5) is 18.9 Å². The summed E-state index contributed by atoms with van der Waals surface area (Å²) in [5.41, 5.74) is -0.472. The molecule has 0 atom stereocenters. The van der Waals surface area contributed by atoms with E-state index in [-0.39, 0.29) is 6.61 Å². The van der Waals surface area contributed by atoms with E-state index in [0.29, 0.717) is 12.2 Å². The molecule has 0 aliphatic heterocycles. The standard InChI is InChI=1S/C11H15F3N2OS/c12-11(13,14)10-8-9(2-3-16-10)15-4-7-18-6-1-5-17/h2-3,8,17H,1,4-7H2,(H,15,16). The van der Waals surface area contributed by atoms with Gasteiger partial charge in [0.05, 0.1) is 0 Å². The van der Waals surface area contributed by atoms with Gasteiger partial charge in [0, 0.05) is 30.8 Å². The number of pyridine rings is 1. The molecule has 3 nitrogen and oxygen atoms in total. The predicted molar refractivity (Wildman–Crippen MR) is 66.8 cm³/mol. The lowest BCUT2D eigenvalue weighted by molar-refractivity contribution is -0.141. The maximum absolute atomic E-state index is 12.4. The van der Waals surface area contributed by atoms with Crippen molar-refractivity contribution in [1.29, 1.82) is 0 Å². The zero-order valence-electron chi connectivity index (χ0n) is 9.70. The van der Waals surface area contributed by atoms with E-state index >= 15 is 0 Å². The Morgan fingerprint density at radius 1 is 1.33 bits per heavy atom. The predicted octanol–water partition coefficient (Wildman–Crippen LogP) is 2.63. The molecule has 0 bridgehead atoms. The average molecular weight is 280 g/mol. The minimum absolute atomic E-state index is 0.166. The van der Waals surface area contributed by atoms with Crippen molar-refractivity contribution < 1.29 is 18.3 Å². The monoisotopic (exact) mass is 280 g/mol. The van der Waals surface area contributed by atoms with E-state index in [1.807, 2.05) is 0 Å². The van der Waals surface area contributed by atoms with Crippen LogP contribution in [0.1, 0.15) is 12.1 Å². The Bertz CT molecular complexity index is 360. The van der Waals surface area contributed by atoms with Gasteiger partial charge < -0.3 is 10.4 Å².